The Balaban J connectivity index is 1.22. The number of hydrogen-bond acceptors (Lipinski definition) is 4. The van der Waals surface area contributed by atoms with Gasteiger partial charge in [0.15, 0.2) is 0 Å². The van der Waals surface area contributed by atoms with Crippen LogP contribution < -0.4 is 10.6 Å². The minimum Gasteiger partial charge on any atom is -0.346 e. The van der Waals surface area contributed by atoms with Crippen LogP contribution in [0.5, 0.6) is 0 Å². The van der Waals surface area contributed by atoms with Crippen LogP contribution in [0.2, 0.25) is 5.02 Å². The Labute approximate surface area is 196 Å². The fourth-order valence-corrected chi connectivity index (χ4v) is 4.24. The minimum atomic E-state index is -0.183. The fraction of sp³-hybridized carbons (Fsp3) is 0.154. The molecule has 1 saturated carbocycles. The second-order valence-corrected chi connectivity index (χ2v) is 8.53. The van der Waals surface area contributed by atoms with Gasteiger partial charge in [-0.25, -0.2) is 0 Å². The third kappa shape index (κ3) is 4.71. The van der Waals surface area contributed by atoms with Gasteiger partial charge in [-0.1, -0.05) is 41.9 Å². The van der Waals surface area contributed by atoms with Gasteiger partial charge in [-0.15, -0.1) is 0 Å². The van der Waals surface area contributed by atoms with Crippen LogP contribution in [0.4, 0.5) is 5.69 Å². The average molecular weight is 457 g/mol. The number of nitrogens with zero attached hydrogens (tertiary/aromatic N) is 2. The Morgan fingerprint density at radius 3 is 2.76 bits per heavy atom. The van der Waals surface area contributed by atoms with E-state index in [1.807, 2.05) is 54.6 Å². The molecule has 5 rings (SSSR count). The van der Waals surface area contributed by atoms with E-state index in [9.17, 15) is 9.59 Å². The van der Waals surface area contributed by atoms with Crippen LogP contribution in [0, 0.1) is 5.92 Å². The van der Waals surface area contributed by atoms with Gasteiger partial charge in [0.1, 0.15) is 0 Å². The molecule has 1 fully saturated rings. The molecule has 6 nitrogen and oxygen atoms in total. The molecule has 164 valence electrons. The van der Waals surface area contributed by atoms with E-state index in [1.165, 1.54) is 0 Å². The second kappa shape index (κ2) is 9.00. The lowest BCUT2D eigenvalue weighted by Crippen LogP contribution is -2.23. The van der Waals surface area contributed by atoms with Gasteiger partial charge >= 0.3 is 0 Å². The summed E-state index contributed by atoms with van der Waals surface area (Å²) in [5.41, 5.74) is 2.97. The van der Waals surface area contributed by atoms with Gasteiger partial charge in [-0.05, 0) is 53.6 Å². The number of carbonyl (C=O) groups is 2. The molecular weight excluding hydrogens is 436 g/mol. The van der Waals surface area contributed by atoms with E-state index < -0.39 is 0 Å². The summed E-state index contributed by atoms with van der Waals surface area (Å²) in [5, 5.41) is 8.45. The van der Waals surface area contributed by atoms with Crippen LogP contribution >= 0.6 is 11.6 Å². The molecule has 2 atom stereocenters. The van der Waals surface area contributed by atoms with Crippen LogP contribution in [0.15, 0.2) is 79.3 Å². The van der Waals surface area contributed by atoms with Gasteiger partial charge in [-0.2, -0.15) is 0 Å². The second-order valence-electron chi connectivity index (χ2n) is 8.12. The first-order chi connectivity index (χ1) is 16.1. The van der Waals surface area contributed by atoms with Crippen LogP contribution in [-0.2, 0) is 11.3 Å². The first-order valence-corrected chi connectivity index (χ1v) is 11.1. The van der Waals surface area contributed by atoms with E-state index in [0.29, 0.717) is 22.8 Å². The molecule has 2 N–H and O–H groups in total. The van der Waals surface area contributed by atoms with Crippen molar-refractivity contribution in [3.8, 4) is 0 Å². The molecule has 0 bridgehead atoms. The third-order valence-electron chi connectivity index (χ3n) is 5.85. The Morgan fingerprint density at radius 1 is 1.03 bits per heavy atom. The highest BCUT2D eigenvalue weighted by molar-refractivity contribution is 6.35. The quantitative estimate of drug-likeness (QED) is 0.429. The van der Waals surface area contributed by atoms with Crippen molar-refractivity contribution in [2.75, 3.05) is 5.32 Å². The number of nitrogens with one attached hydrogen (secondary N) is 2. The third-order valence-corrected chi connectivity index (χ3v) is 6.18. The maximum absolute atomic E-state index is 12.8. The number of anilines is 1. The molecular formula is C26H21ClN4O2. The van der Waals surface area contributed by atoms with Crippen molar-refractivity contribution in [2.24, 2.45) is 5.92 Å². The number of carbonyl (C=O) groups excluding carboxylic acids is 2. The van der Waals surface area contributed by atoms with Crippen molar-refractivity contribution < 1.29 is 9.59 Å². The zero-order valence-corrected chi connectivity index (χ0v) is 18.4. The summed E-state index contributed by atoms with van der Waals surface area (Å²) in [7, 11) is 0. The van der Waals surface area contributed by atoms with Gasteiger partial charge in [0.05, 0.1) is 18.4 Å². The maximum atomic E-state index is 12.8. The number of aromatic nitrogens is 2. The van der Waals surface area contributed by atoms with Crippen LogP contribution in [0.3, 0.4) is 0 Å². The summed E-state index contributed by atoms with van der Waals surface area (Å²) in [5.74, 6) is -0.229. The highest BCUT2D eigenvalue weighted by Crippen LogP contribution is 2.48. The number of fused-ring (bicyclic) bond motifs is 1. The van der Waals surface area contributed by atoms with Crippen molar-refractivity contribution in [3.63, 3.8) is 0 Å². The van der Waals surface area contributed by atoms with Crippen molar-refractivity contribution in [1.82, 2.24) is 15.3 Å². The molecule has 3 aromatic carbocycles. The molecule has 1 aliphatic carbocycles. The normalized spacial score (nSPS) is 16.9. The van der Waals surface area contributed by atoms with Gasteiger partial charge in [0.2, 0.25) is 5.91 Å². The lowest BCUT2D eigenvalue weighted by Gasteiger charge is -2.08. The first-order valence-electron chi connectivity index (χ1n) is 10.7. The number of benzene rings is 3. The van der Waals surface area contributed by atoms with E-state index in [-0.39, 0.29) is 23.7 Å². The fourth-order valence-electron chi connectivity index (χ4n) is 4.01. The van der Waals surface area contributed by atoms with Gasteiger partial charge < -0.3 is 10.6 Å². The van der Waals surface area contributed by atoms with Crippen LogP contribution in [0.25, 0.3) is 10.8 Å². The van der Waals surface area contributed by atoms with E-state index in [1.54, 1.807) is 24.7 Å². The Hall–Kier alpha value is -3.77. The molecule has 1 heterocycles. The van der Waals surface area contributed by atoms with Crippen molar-refractivity contribution in [3.05, 3.63) is 101 Å². The van der Waals surface area contributed by atoms with E-state index in [4.69, 9.17) is 11.6 Å². The number of amides is 2. The minimum absolute atomic E-state index is 0.0242. The summed E-state index contributed by atoms with van der Waals surface area (Å²) in [6.07, 6.45) is 5.55. The molecule has 4 aromatic rings. The van der Waals surface area contributed by atoms with Crippen LogP contribution in [-0.4, -0.2) is 21.8 Å². The Morgan fingerprint density at radius 2 is 1.91 bits per heavy atom. The number of hydrogen-bond donors (Lipinski definition) is 2. The molecule has 1 aromatic heterocycles. The summed E-state index contributed by atoms with van der Waals surface area (Å²) >= 11 is 6.29. The first kappa shape index (κ1) is 21.1. The van der Waals surface area contributed by atoms with E-state index >= 15 is 0 Å². The monoisotopic (exact) mass is 456 g/mol. The van der Waals surface area contributed by atoms with Gasteiger partial charge in [0, 0.05) is 40.0 Å². The van der Waals surface area contributed by atoms with E-state index in [2.05, 4.69) is 20.6 Å². The number of halogens is 1. The highest BCUT2D eigenvalue weighted by atomic mass is 35.5. The molecule has 1 aliphatic rings. The molecule has 33 heavy (non-hydrogen) atoms. The van der Waals surface area contributed by atoms with Gasteiger partial charge in [0.25, 0.3) is 5.91 Å². The molecule has 0 aliphatic heterocycles. The summed E-state index contributed by atoms with van der Waals surface area (Å²) < 4.78 is 0. The average Bonchev–Trinajstić information content (AvgIpc) is 3.65. The summed E-state index contributed by atoms with van der Waals surface area (Å²) in [4.78, 5) is 33.5. The van der Waals surface area contributed by atoms with Gasteiger partial charge in [-0.3, -0.25) is 19.6 Å². The zero-order chi connectivity index (χ0) is 22.8. The Bertz CT molecular complexity index is 1340. The van der Waals surface area contributed by atoms with Crippen molar-refractivity contribution >= 4 is 39.9 Å². The summed E-state index contributed by atoms with van der Waals surface area (Å²) in [6, 6.07) is 18.9. The molecule has 0 saturated heterocycles. The molecule has 7 heteroatoms. The predicted molar refractivity (Wildman–Crippen MR) is 128 cm³/mol. The molecule has 0 radical (unpaired) electrons. The predicted octanol–water partition coefficient (Wildman–Crippen LogP) is 4.96. The van der Waals surface area contributed by atoms with Crippen LogP contribution in [0.1, 0.15) is 34.0 Å². The molecule has 2 amide bonds. The standard InChI is InChI=1S/C26H21ClN4O2/c27-24-6-2-3-16-7-8-19(12-22(16)24)31-26(33)23-13-21(23)17-4-1-5-18(11-17)25(32)30-15-20-14-28-9-10-29-20/h1-12,14,21,23H,13,15H2,(H,30,32)(H,31,33)/t21-,23+/m0/s1. The highest BCUT2D eigenvalue weighted by Gasteiger charge is 2.44. The lowest BCUT2D eigenvalue weighted by atomic mass is 10.0. The summed E-state index contributed by atoms with van der Waals surface area (Å²) in [6.45, 7) is 0.307. The maximum Gasteiger partial charge on any atom is 0.251 e. The van der Waals surface area contributed by atoms with Crippen molar-refractivity contribution in [2.45, 2.75) is 18.9 Å². The topological polar surface area (TPSA) is 84.0 Å². The molecule has 0 spiro atoms. The SMILES string of the molecule is O=C(NCc1cnccn1)c1cccc([C@@H]2C[C@H]2C(=O)Nc2ccc3cccc(Cl)c3c2)c1. The van der Waals surface area contributed by atoms with E-state index in [0.717, 1.165) is 28.4 Å². The lowest BCUT2D eigenvalue weighted by molar-refractivity contribution is -0.117. The van der Waals surface area contributed by atoms with Crippen molar-refractivity contribution in [1.29, 1.82) is 0 Å². The largest absolute Gasteiger partial charge is 0.346 e. The molecule has 0 unspecified atom stereocenters. The Kier molecular flexibility index (Phi) is 5.75. The number of rotatable bonds is 6. The smallest absolute Gasteiger partial charge is 0.251 e. The zero-order valence-electron chi connectivity index (χ0n) is 17.7.